The van der Waals surface area contributed by atoms with Gasteiger partial charge < -0.3 is 9.80 Å². The van der Waals surface area contributed by atoms with Gasteiger partial charge in [-0.2, -0.15) is 5.10 Å². The molecule has 1 aliphatic rings. The first-order chi connectivity index (χ1) is 16.9. The Balaban J connectivity index is 1.27. The summed E-state index contributed by atoms with van der Waals surface area (Å²) in [5.41, 5.74) is 2.83. The number of piperazine rings is 1. The van der Waals surface area contributed by atoms with E-state index in [1.54, 1.807) is 28.6 Å². The van der Waals surface area contributed by atoms with Gasteiger partial charge in [-0.05, 0) is 38.1 Å². The number of carbonyl (C=O) groups is 1. The topological polar surface area (TPSA) is 76.3 Å². The first-order valence-corrected chi connectivity index (χ1v) is 11.7. The van der Waals surface area contributed by atoms with Gasteiger partial charge in [-0.3, -0.25) is 14.2 Å². The molecule has 8 nitrogen and oxygen atoms in total. The van der Waals surface area contributed by atoms with Crippen LogP contribution in [0.15, 0.2) is 59.5 Å². The number of anilines is 1. The Kier molecular flexibility index (Phi) is 6.07. The van der Waals surface area contributed by atoms with E-state index in [9.17, 15) is 14.0 Å². The summed E-state index contributed by atoms with van der Waals surface area (Å²) in [6.45, 7) is 6.19. The predicted octanol–water partition coefficient (Wildman–Crippen LogP) is 3.08. The highest BCUT2D eigenvalue weighted by Gasteiger charge is 2.23. The Labute approximate surface area is 202 Å². The highest BCUT2D eigenvalue weighted by atomic mass is 19.1. The monoisotopic (exact) mass is 474 g/mol. The number of aromatic nitrogens is 4. The zero-order valence-electron chi connectivity index (χ0n) is 19.8. The molecule has 4 aromatic rings. The molecule has 35 heavy (non-hydrogen) atoms. The Hall–Kier alpha value is -4.01. The number of halogens is 1. The van der Waals surface area contributed by atoms with Crippen molar-refractivity contribution in [3.05, 3.63) is 82.3 Å². The second-order valence-electron chi connectivity index (χ2n) is 8.81. The molecule has 0 bridgehead atoms. The SMILES string of the molecule is Cc1ccc(-n2ncc3c(=O)n(CCC(=O)N4CCN(c5ccccc5F)CC4)c(C)nc32)cc1. The molecule has 0 saturated carbocycles. The first kappa shape index (κ1) is 22.8. The molecule has 1 amide bonds. The van der Waals surface area contributed by atoms with Crippen molar-refractivity contribution in [2.75, 3.05) is 31.1 Å². The average Bonchev–Trinajstić information content (AvgIpc) is 3.28. The number of aryl methyl sites for hydroxylation is 2. The second-order valence-corrected chi connectivity index (χ2v) is 8.81. The molecule has 0 atom stereocenters. The zero-order chi connectivity index (χ0) is 24.5. The lowest BCUT2D eigenvalue weighted by atomic mass is 10.2. The van der Waals surface area contributed by atoms with E-state index >= 15 is 0 Å². The van der Waals surface area contributed by atoms with Crippen molar-refractivity contribution in [2.24, 2.45) is 0 Å². The van der Waals surface area contributed by atoms with E-state index in [0.717, 1.165) is 11.3 Å². The molecule has 0 radical (unpaired) electrons. The zero-order valence-corrected chi connectivity index (χ0v) is 19.8. The third-order valence-electron chi connectivity index (χ3n) is 6.53. The normalized spacial score (nSPS) is 14.0. The minimum absolute atomic E-state index is 0.0278. The lowest BCUT2D eigenvalue weighted by molar-refractivity contribution is -0.131. The molecular formula is C26H27FN6O2. The summed E-state index contributed by atoms with van der Waals surface area (Å²) in [4.78, 5) is 34.4. The maximum atomic E-state index is 14.1. The minimum atomic E-state index is -0.254. The number of benzene rings is 2. The molecule has 0 spiro atoms. The average molecular weight is 475 g/mol. The lowest BCUT2D eigenvalue weighted by Crippen LogP contribution is -2.49. The van der Waals surface area contributed by atoms with Crippen molar-refractivity contribution in [2.45, 2.75) is 26.8 Å². The smallest absolute Gasteiger partial charge is 0.264 e. The quantitative estimate of drug-likeness (QED) is 0.444. The summed E-state index contributed by atoms with van der Waals surface area (Å²) in [6.07, 6.45) is 1.73. The Morgan fingerprint density at radius 2 is 1.71 bits per heavy atom. The van der Waals surface area contributed by atoms with E-state index < -0.39 is 0 Å². The number of rotatable bonds is 5. The Morgan fingerprint density at radius 3 is 2.43 bits per heavy atom. The van der Waals surface area contributed by atoms with E-state index in [2.05, 4.69) is 10.1 Å². The molecule has 1 fully saturated rings. The maximum absolute atomic E-state index is 14.1. The summed E-state index contributed by atoms with van der Waals surface area (Å²) in [5, 5.41) is 4.80. The molecule has 2 aromatic heterocycles. The summed E-state index contributed by atoms with van der Waals surface area (Å²) in [5.74, 6) is 0.254. The fraction of sp³-hybridized carbons (Fsp3) is 0.308. The van der Waals surface area contributed by atoms with Gasteiger partial charge in [-0.1, -0.05) is 29.8 Å². The highest BCUT2D eigenvalue weighted by molar-refractivity contribution is 5.77. The van der Waals surface area contributed by atoms with Crippen LogP contribution in [-0.4, -0.2) is 56.3 Å². The van der Waals surface area contributed by atoms with Crippen LogP contribution < -0.4 is 10.5 Å². The molecule has 3 heterocycles. The Morgan fingerprint density at radius 1 is 1.00 bits per heavy atom. The van der Waals surface area contributed by atoms with Gasteiger partial charge in [-0.15, -0.1) is 0 Å². The van der Waals surface area contributed by atoms with Crippen LogP contribution in [0, 0.1) is 19.7 Å². The number of amides is 1. The standard InChI is InChI=1S/C26H27FN6O2/c1-18-7-9-20(10-8-18)33-25-21(17-28-33)26(35)32(19(2)29-25)12-11-24(34)31-15-13-30(14-16-31)23-6-4-3-5-22(23)27/h3-10,17H,11-16H2,1-2H3. The molecule has 5 rings (SSSR count). The van der Waals surface area contributed by atoms with Gasteiger partial charge in [0.1, 0.15) is 17.0 Å². The number of carbonyl (C=O) groups excluding carboxylic acids is 1. The number of nitrogens with zero attached hydrogens (tertiary/aromatic N) is 6. The summed E-state index contributed by atoms with van der Waals surface area (Å²) in [7, 11) is 0. The molecule has 0 unspecified atom stereocenters. The molecule has 9 heteroatoms. The first-order valence-electron chi connectivity index (χ1n) is 11.7. The van der Waals surface area contributed by atoms with Crippen molar-refractivity contribution in [1.82, 2.24) is 24.2 Å². The fourth-order valence-corrected chi connectivity index (χ4v) is 4.52. The van der Waals surface area contributed by atoms with Gasteiger partial charge in [0.25, 0.3) is 5.56 Å². The molecule has 2 aromatic carbocycles. The number of fused-ring (bicyclic) bond motifs is 1. The molecular weight excluding hydrogens is 447 g/mol. The largest absolute Gasteiger partial charge is 0.366 e. The summed E-state index contributed by atoms with van der Waals surface area (Å²) in [6, 6.07) is 14.5. The van der Waals surface area contributed by atoms with Crippen molar-refractivity contribution >= 4 is 22.6 Å². The van der Waals surface area contributed by atoms with Crippen LogP contribution in [0.25, 0.3) is 16.7 Å². The van der Waals surface area contributed by atoms with Crippen molar-refractivity contribution in [3.63, 3.8) is 0 Å². The Bertz CT molecular complexity index is 1430. The number of hydrogen-bond donors (Lipinski definition) is 0. The summed E-state index contributed by atoms with van der Waals surface area (Å²) < 4.78 is 17.3. The van der Waals surface area contributed by atoms with E-state index in [1.807, 2.05) is 42.2 Å². The van der Waals surface area contributed by atoms with Crippen LogP contribution in [0.1, 0.15) is 17.8 Å². The lowest BCUT2D eigenvalue weighted by Gasteiger charge is -2.36. The van der Waals surface area contributed by atoms with Crippen molar-refractivity contribution in [1.29, 1.82) is 0 Å². The molecule has 180 valence electrons. The third-order valence-corrected chi connectivity index (χ3v) is 6.53. The molecule has 0 N–H and O–H groups in total. The molecule has 1 aliphatic heterocycles. The van der Waals surface area contributed by atoms with E-state index in [0.29, 0.717) is 48.7 Å². The molecule has 0 aliphatic carbocycles. The van der Waals surface area contributed by atoms with Gasteiger partial charge in [0, 0.05) is 39.1 Å². The minimum Gasteiger partial charge on any atom is -0.366 e. The van der Waals surface area contributed by atoms with Gasteiger partial charge in [0.2, 0.25) is 5.91 Å². The highest BCUT2D eigenvalue weighted by Crippen LogP contribution is 2.20. The number of hydrogen-bond acceptors (Lipinski definition) is 5. The van der Waals surface area contributed by atoms with Gasteiger partial charge in [-0.25, -0.2) is 14.1 Å². The van der Waals surface area contributed by atoms with Crippen LogP contribution in [0.4, 0.5) is 10.1 Å². The predicted molar refractivity (Wildman–Crippen MR) is 132 cm³/mol. The van der Waals surface area contributed by atoms with Gasteiger partial charge in [0.05, 0.1) is 17.6 Å². The van der Waals surface area contributed by atoms with Crippen molar-refractivity contribution in [3.8, 4) is 5.69 Å². The van der Waals surface area contributed by atoms with Gasteiger partial charge >= 0.3 is 0 Å². The fourth-order valence-electron chi connectivity index (χ4n) is 4.52. The summed E-state index contributed by atoms with van der Waals surface area (Å²) >= 11 is 0. The van der Waals surface area contributed by atoms with Crippen LogP contribution in [0.5, 0.6) is 0 Å². The third kappa shape index (κ3) is 4.41. The van der Waals surface area contributed by atoms with Crippen LogP contribution >= 0.6 is 0 Å². The number of para-hydroxylation sites is 1. The maximum Gasteiger partial charge on any atom is 0.264 e. The van der Waals surface area contributed by atoms with Crippen LogP contribution in [0.3, 0.4) is 0 Å². The van der Waals surface area contributed by atoms with Crippen molar-refractivity contribution < 1.29 is 9.18 Å². The van der Waals surface area contributed by atoms with E-state index in [1.165, 1.54) is 16.8 Å². The molecule has 1 saturated heterocycles. The van der Waals surface area contributed by atoms with Crippen LogP contribution in [0.2, 0.25) is 0 Å². The van der Waals surface area contributed by atoms with E-state index in [4.69, 9.17) is 0 Å². The van der Waals surface area contributed by atoms with Crippen LogP contribution in [-0.2, 0) is 11.3 Å². The van der Waals surface area contributed by atoms with Gasteiger partial charge in [0.15, 0.2) is 5.65 Å². The second kappa shape index (κ2) is 9.32. The van der Waals surface area contributed by atoms with E-state index in [-0.39, 0.29) is 30.2 Å².